The molecular formula is C25H25ClFN7O. The molecule has 10 heteroatoms. The number of methoxy groups -OCH3 is 1. The van der Waals surface area contributed by atoms with Crippen LogP contribution in [0.15, 0.2) is 30.5 Å². The van der Waals surface area contributed by atoms with Crippen molar-refractivity contribution in [2.45, 2.75) is 50.2 Å². The number of aromatic nitrogens is 4. The van der Waals surface area contributed by atoms with E-state index in [-0.39, 0.29) is 11.7 Å². The van der Waals surface area contributed by atoms with Gasteiger partial charge in [-0.25, -0.2) is 9.37 Å². The van der Waals surface area contributed by atoms with Crippen LogP contribution >= 0.6 is 11.6 Å². The molecule has 3 aromatic rings. The van der Waals surface area contributed by atoms with Gasteiger partial charge < -0.3 is 9.64 Å². The Balaban J connectivity index is 1.30. The van der Waals surface area contributed by atoms with Crippen LogP contribution in [0.3, 0.4) is 0 Å². The summed E-state index contributed by atoms with van der Waals surface area (Å²) in [6.07, 6.45) is 4.70. The Labute approximate surface area is 207 Å². The van der Waals surface area contributed by atoms with Crippen LogP contribution in [-0.4, -0.2) is 50.4 Å². The number of nitrogens with zero attached hydrogens (tertiary/aromatic N) is 7. The maximum Gasteiger partial charge on any atom is 0.183 e. The minimum absolute atomic E-state index is 0.200. The van der Waals surface area contributed by atoms with Crippen LogP contribution in [0.1, 0.15) is 48.8 Å². The first kappa shape index (κ1) is 22.3. The van der Waals surface area contributed by atoms with Gasteiger partial charge in [0.2, 0.25) is 0 Å². The van der Waals surface area contributed by atoms with E-state index in [2.05, 4.69) is 35.6 Å². The molecule has 6 rings (SSSR count). The van der Waals surface area contributed by atoms with Crippen LogP contribution in [-0.2, 0) is 13.1 Å². The molecule has 2 aliphatic heterocycles. The molecule has 4 heterocycles. The van der Waals surface area contributed by atoms with Crippen molar-refractivity contribution in [3.05, 3.63) is 58.5 Å². The van der Waals surface area contributed by atoms with E-state index in [1.807, 2.05) is 18.2 Å². The standard InChI is InChI=1S/C25H25ClFN7O/c1-35-21-11-22(29-12-19(21)27)32-8-4-16(5-9-32)24-31-30-23-14-33(25(15-28)6-7-25)13-17-10-18(26)2-3-20(17)34(23)24/h2-3,10-12,16H,4-9,13-14H2,1H3. The predicted molar refractivity (Wildman–Crippen MR) is 128 cm³/mol. The second-order valence-corrected chi connectivity index (χ2v) is 9.96. The highest BCUT2D eigenvalue weighted by Gasteiger charge is 2.50. The topological polar surface area (TPSA) is 83.1 Å². The second-order valence-electron chi connectivity index (χ2n) is 9.52. The summed E-state index contributed by atoms with van der Waals surface area (Å²) < 4.78 is 21.1. The number of hydrogen-bond donors (Lipinski definition) is 0. The highest BCUT2D eigenvalue weighted by Crippen LogP contribution is 2.45. The van der Waals surface area contributed by atoms with E-state index in [4.69, 9.17) is 16.3 Å². The van der Waals surface area contributed by atoms with Gasteiger partial charge in [0.25, 0.3) is 0 Å². The molecule has 2 fully saturated rings. The number of pyridine rings is 1. The largest absolute Gasteiger partial charge is 0.493 e. The Morgan fingerprint density at radius 3 is 2.69 bits per heavy atom. The predicted octanol–water partition coefficient (Wildman–Crippen LogP) is 4.22. The number of ether oxygens (including phenoxy) is 1. The van der Waals surface area contributed by atoms with E-state index in [9.17, 15) is 9.65 Å². The molecule has 0 bridgehead atoms. The van der Waals surface area contributed by atoms with E-state index in [0.29, 0.717) is 23.9 Å². The Kier molecular flexibility index (Phi) is 5.38. The van der Waals surface area contributed by atoms with Gasteiger partial charge in [-0.1, -0.05) is 11.6 Å². The molecule has 0 spiro atoms. The quantitative estimate of drug-likeness (QED) is 0.538. The van der Waals surface area contributed by atoms with Crippen LogP contribution in [0.25, 0.3) is 5.69 Å². The zero-order valence-corrected chi connectivity index (χ0v) is 20.2. The smallest absolute Gasteiger partial charge is 0.183 e. The number of rotatable bonds is 4. The number of fused-ring (bicyclic) bond motifs is 3. The number of piperidine rings is 1. The Morgan fingerprint density at radius 2 is 1.97 bits per heavy atom. The van der Waals surface area contributed by atoms with E-state index in [0.717, 1.165) is 61.7 Å². The number of halogens is 2. The molecule has 2 aromatic heterocycles. The maximum absolute atomic E-state index is 13.8. The van der Waals surface area contributed by atoms with Crippen LogP contribution in [0.4, 0.5) is 10.2 Å². The van der Waals surface area contributed by atoms with Crippen molar-refractivity contribution < 1.29 is 9.13 Å². The fraction of sp³-hybridized carbons (Fsp3) is 0.440. The van der Waals surface area contributed by atoms with Crippen molar-refractivity contribution in [2.24, 2.45) is 0 Å². The van der Waals surface area contributed by atoms with Crippen LogP contribution < -0.4 is 9.64 Å². The fourth-order valence-corrected chi connectivity index (χ4v) is 5.51. The second kappa shape index (κ2) is 8.47. The van der Waals surface area contributed by atoms with Gasteiger partial charge in [-0.3, -0.25) is 9.47 Å². The molecule has 0 atom stereocenters. The van der Waals surface area contributed by atoms with Gasteiger partial charge in [-0.05, 0) is 49.4 Å². The van der Waals surface area contributed by atoms with Crippen molar-refractivity contribution >= 4 is 17.4 Å². The number of nitriles is 1. The van der Waals surface area contributed by atoms with E-state index in [1.165, 1.54) is 13.3 Å². The van der Waals surface area contributed by atoms with Crippen molar-refractivity contribution in [3.63, 3.8) is 0 Å². The fourth-order valence-electron chi connectivity index (χ4n) is 5.32. The highest BCUT2D eigenvalue weighted by molar-refractivity contribution is 6.30. The van der Waals surface area contributed by atoms with Crippen LogP contribution in [0.2, 0.25) is 5.02 Å². The van der Waals surface area contributed by atoms with Gasteiger partial charge in [-0.2, -0.15) is 5.26 Å². The van der Waals surface area contributed by atoms with E-state index < -0.39 is 11.4 Å². The van der Waals surface area contributed by atoms with E-state index in [1.54, 1.807) is 6.07 Å². The summed E-state index contributed by atoms with van der Waals surface area (Å²) >= 11 is 6.37. The SMILES string of the molecule is COc1cc(N2CCC(c3nnc4n3-c3ccc(Cl)cc3CN(C3(C#N)CC3)C4)CC2)ncc1F. The van der Waals surface area contributed by atoms with Crippen molar-refractivity contribution in [2.75, 3.05) is 25.1 Å². The molecule has 3 aliphatic rings. The van der Waals surface area contributed by atoms with Gasteiger partial charge in [0.15, 0.2) is 17.4 Å². The maximum atomic E-state index is 13.8. The average molecular weight is 494 g/mol. The van der Waals surface area contributed by atoms with Crippen LogP contribution in [0.5, 0.6) is 5.75 Å². The number of hydrogen-bond acceptors (Lipinski definition) is 7. The molecule has 0 unspecified atom stereocenters. The minimum atomic E-state index is -0.463. The summed E-state index contributed by atoms with van der Waals surface area (Å²) in [6, 6.07) is 10.1. The minimum Gasteiger partial charge on any atom is -0.493 e. The number of anilines is 1. The summed E-state index contributed by atoms with van der Waals surface area (Å²) in [7, 11) is 1.46. The molecule has 180 valence electrons. The molecule has 8 nitrogen and oxygen atoms in total. The lowest BCUT2D eigenvalue weighted by molar-refractivity contribution is 0.197. The lowest BCUT2D eigenvalue weighted by Crippen LogP contribution is -2.35. The molecule has 1 saturated heterocycles. The van der Waals surface area contributed by atoms with Crippen molar-refractivity contribution in [3.8, 4) is 17.5 Å². The van der Waals surface area contributed by atoms with Gasteiger partial charge in [-0.15, -0.1) is 10.2 Å². The Hall–Kier alpha value is -3.22. The normalized spacial score (nSPS) is 19.4. The zero-order valence-electron chi connectivity index (χ0n) is 19.4. The van der Waals surface area contributed by atoms with Crippen LogP contribution in [0, 0.1) is 17.1 Å². The Morgan fingerprint density at radius 1 is 1.17 bits per heavy atom. The average Bonchev–Trinajstić information content (AvgIpc) is 3.61. The first-order valence-electron chi connectivity index (χ1n) is 11.8. The summed E-state index contributed by atoms with van der Waals surface area (Å²) in [5, 5.41) is 19.8. The lowest BCUT2D eigenvalue weighted by atomic mass is 9.95. The van der Waals surface area contributed by atoms with E-state index >= 15 is 0 Å². The van der Waals surface area contributed by atoms with Crippen molar-refractivity contribution in [1.82, 2.24) is 24.6 Å². The first-order chi connectivity index (χ1) is 17.0. The summed E-state index contributed by atoms with van der Waals surface area (Å²) in [4.78, 5) is 8.63. The summed E-state index contributed by atoms with van der Waals surface area (Å²) in [6.45, 7) is 2.77. The van der Waals surface area contributed by atoms with Gasteiger partial charge in [0.05, 0.1) is 31.6 Å². The van der Waals surface area contributed by atoms with Gasteiger partial charge in [0, 0.05) is 36.6 Å². The third-order valence-corrected chi connectivity index (χ3v) is 7.71. The molecule has 35 heavy (non-hydrogen) atoms. The number of benzene rings is 1. The summed E-state index contributed by atoms with van der Waals surface area (Å²) in [5.74, 6) is 2.46. The third kappa shape index (κ3) is 3.81. The molecule has 1 saturated carbocycles. The molecule has 0 radical (unpaired) electrons. The summed E-state index contributed by atoms with van der Waals surface area (Å²) in [5.41, 5.74) is 1.70. The zero-order chi connectivity index (χ0) is 24.2. The first-order valence-corrected chi connectivity index (χ1v) is 12.2. The Bertz CT molecular complexity index is 1320. The van der Waals surface area contributed by atoms with Crippen molar-refractivity contribution in [1.29, 1.82) is 5.26 Å². The van der Waals surface area contributed by atoms with Gasteiger partial charge >= 0.3 is 0 Å². The molecule has 1 aliphatic carbocycles. The molecule has 1 aromatic carbocycles. The lowest BCUT2D eigenvalue weighted by Gasteiger charge is -2.32. The monoisotopic (exact) mass is 493 g/mol. The molecule has 0 amide bonds. The molecular weight excluding hydrogens is 469 g/mol. The van der Waals surface area contributed by atoms with Gasteiger partial charge in [0.1, 0.15) is 17.2 Å². The molecule has 0 N–H and O–H groups in total. The third-order valence-electron chi connectivity index (χ3n) is 7.48. The highest BCUT2D eigenvalue weighted by atomic mass is 35.5.